The first-order valence-electron chi connectivity index (χ1n) is 10.2. The van der Waals surface area contributed by atoms with Crippen molar-refractivity contribution < 1.29 is 23.1 Å². The lowest BCUT2D eigenvalue weighted by Gasteiger charge is -2.30. The van der Waals surface area contributed by atoms with Gasteiger partial charge in [-0.15, -0.1) is 0 Å². The van der Waals surface area contributed by atoms with E-state index in [2.05, 4.69) is 29.6 Å². The van der Waals surface area contributed by atoms with Crippen molar-refractivity contribution in [2.75, 3.05) is 18.2 Å². The van der Waals surface area contributed by atoms with Gasteiger partial charge in [0, 0.05) is 50.2 Å². The highest BCUT2D eigenvalue weighted by Crippen LogP contribution is 2.60. The molecule has 1 aliphatic heterocycles. The summed E-state index contributed by atoms with van der Waals surface area (Å²) in [7, 11) is -1.34. The Morgan fingerprint density at radius 2 is 2.00 bits per heavy atom. The minimum atomic E-state index is -3.54. The van der Waals surface area contributed by atoms with Crippen LogP contribution in [0.3, 0.4) is 0 Å². The molecule has 1 amide bonds. The molecule has 31 heavy (non-hydrogen) atoms. The molecule has 1 atom stereocenters. The third kappa shape index (κ3) is 3.30. The first-order chi connectivity index (χ1) is 14.5. The smallest absolute Gasteiger partial charge is 0.293 e. The van der Waals surface area contributed by atoms with Crippen molar-refractivity contribution in [2.24, 2.45) is 0 Å². The molecule has 0 fully saturated rings. The number of carbonyl (C=O) groups is 2. The Morgan fingerprint density at radius 3 is 2.68 bits per heavy atom. The topological polar surface area (TPSA) is 72.4 Å². The van der Waals surface area contributed by atoms with Crippen molar-refractivity contribution in [2.45, 2.75) is 50.4 Å². The highest BCUT2D eigenvalue weighted by Gasteiger charge is 2.71. The standard InChI is InChI=1S/C22H25F2N3O3Si/c1-14(28)15-10-17-18(26-12-15)11-21(22(17,23)24)16-6-5-7-25-19(16)27(20(21)29)13-30-8-9-31(2,3)4/h5-7,10,12H,8-9,11,13H2,1-4H3. The van der Waals surface area contributed by atoms with Crippen molar-refractivity contribution in [3.63, 3.8) is 0 Å². The number of aromatic nitrogens is 2. The zero-order valence-electron chi connectivity index (χ0n) is 18.0. The highest BCUT2D eigenvalue weighted by atomic mass is 28.3. The van der Waals surface area contributed by atoms with Gasteiger partial charge in [0.05, 0.1) is 5.69 Å². The lowest BCUT2D eigenvalue weighted by Crippen LogP contribution is -2.49. The van der Waals surface area contributed by atoms with Gasteiger partial charge >= 0.3 is 0 Å². The molecule has 2 aromatic heterocycles. The number of hydrogen-bond acceptors (Lipinski definition) is 5. The predicted octanol–water partition coefficient (Wildman–Crippen LogP) is 3.92. The largest absolute Gasteiger partial charge is 0.361 e. The van der Waals surface area contributed by atoms with E-state index in [9.17, 15) is 9.59 Å². The Morgan fingerprint density at radius 1 is 1.26 bits per heavy atom. The van der Waals surface area contributed by atoms with Crippen molar-refractivity contribution in [1.29, 1.82) is 0 Å². The third-order valence-corrected chi connectivity index (χ3v) is 7.72. The first kappa shape index (κ1) is 21.7. The van der Waals surface area contributed by atoms with Crippen LogP contribution in [-0.4, -0.2) is 43.1 Å². The second-order valence-electron chi connectivity index (χ2n) is 9.39. The van der Waals surface area contributed by atoms with Gasteiger partial charge in [0.15, 0.2) is 11.2 Å². The molecule has 4 rings (SSSR count). The summed E-state index contributed by atoms with van der Waals surface area (Å²) >= 11 is 0. The van der Waals surface area contributed by atoms with Crippen LogP contribution in [0.25, 0.3) is 0 Å². The fourth-order valence-corrected chi connectivity index (χ4v) is 4.96. The maximum atomic E-state index is 15.9. The number of Topliss-reactive ketones (excluding diaryl/α,β-unsaturated/α-hetero) is 1. The summed E-state index contributed by atoms with van der Waals surface area (Å²) in [4.78, 5) is 34.8. The van der Waals surface area contributed by atoms with E-state index in [1.54, 1.807) is 6.07 Å². The third-order valence-electron chi connectivity index (χ3n) is 6.01. The van der Waals surface area contributed by atoms with E-state index >= 15 is 8.78 Å². The molecule has 0 aromatic carbocycles. The summed E-state index contributed by atoms with van der Waals surface area (Å²) in [5.74, 6) is -4.45. The molecule has 1 spiro atoms. The fourth-order valence-electron chi connectivity index (χ4n) is 4.21. The summed E-state index contributed by atoms with van der Waals surface area (Å²) in [6, 6.07) is 5.13. The number of amides is 1. The number of rotatable bonds is 6. The summed E-state index contributed by atoms with van der Waals surface area (Å²) in [6.45, 7) is 8.25. The molecule has 0 saturated carbocycles. The molecule has 2 aromatic rings. The number of pyridine rings is 2. The minimum absolute atomic E-state index is 0.0962. The average molecular weight is 446 g/mol. The monoisotopic (exact) mass is 445 g/mol. The number of ketones is 1. The summed E-state index contributed by atoms with van der Waals surface area (Å²) in [5, 5.41) is 0. The van der Waals surface area contributed by atoms with Crippen LogP contribution in [-0.2, 0) is 27.3 Å². The minimum Gasteiger partial charge on any atom is -0.361 e. The maximum absolute atomic E-state index is 15.9. The Hall–Kier alpha value is -2.52. The number of carbonyl (C=O) groups excluding carboxylic acids is 2. The van der Waals surface area contributed by atoms with Gasteiger partial charge in [-0.1, -0.05) is 25.7 Å². The second-order valence-corrected chi connectivity index (χ2v) is 15.0. The van der Waals surface area contributed by atoms with Crippen molar-refractivity contribution in [3.8, 4) is 0 Å². The number of ether oxygens (including phenoxy) is 1. The molecule has 164 valence electrons. The van der Waals surface area contributed by atoms with Gasteiger partial charge in [-0.05, 0) is 25.1 Å². The lowest BCUT2D eigenvalue weighted by molar-refractivity contribution is -0.141. The Balaban J connectivity index is 1.72. The maximum Gasteiger partial charge on any atom is 0.293 e. The van der Waals surface area contributed by atoms with Crippen LogP contribution in [0.5, 0.6) is 0 Å². The Labute approximate surface area is 180 Å². The van der Waals surface area contributed by atoms with Gasteiger partial charge < -0.3 is 4.74 Å². The zero-order chi connectivity index (χ0) is 22.6. The molecule has 0 saturated heterocycles. The van der Waals surface area contributed by atoms with Crippen molar-refractivity contribution in [1.82, 2.24) is 9.97 Å². The van der Waals surface area contributed by atoms with Crippen LogP contribution in [0.4, 0.5) is 14.6 Å². The summed E-state index contributed by atoms with van der Waals surface area (Å²) in [5.41, 5.74) is -2.12. The van der Waals surface area contributed by atoms with Crippen LogP contribution in [0.15, 0.2) is 30.6 Å². The molecule has 3 heterocycles. The zero-order valence-corrected chi connectivity index (χ0v) is 19.0. The van der Waals surface area contributed by atoms with Crippen LogP contribution in [0, 0.1) is 0 Å². The van der Waals surface area contributed by atoms with Gasteiger partial charge in [-0.2, -0.15) is 8.78 Å². The van der Waals surface area contributed by atoms with Gasteiger partial charge in [0.2, 0.25) is 5.91 Å². The number of anilines is 1. The predicted molar refractivity (Wildman–Crippen MR) is 114 cm³/mol. The number of hydrogen-bond donors (Lipinski definition) is 0. The summed E-state index contributed by atoms with van der Waals surface area (Å²) in [6.07, 6.45) is 2.51. The van der Waals surface area contributed by atoms with Crippen molar-refractivity contribution >= 4 is 25.6 Å². The van der Waals surface area contributed by atoms with Crippen molar-refractivity contribution in [3.05, 3.63) is 53.0 Å². The SMILES string of the molecule is CC(=O)c1cnc2c(c1)C(F)(F)C1(C2)C(=O)N(COCC[Si](C)(C)C)c2ncccc21. The Kier molecular flexibility index (Phi) is 5.09. The summed E-state index contributed by atoms with van der Waals surface area (Å²) < 4.78 is 37.6. The molecule has 9 heteroatoms. The fraction of sp³-hybridized carbons (Fsp3) is 0.455. The van der Waals surface area contributed by atoms with E-state index in [0.717, 1.165) is 12.1 Å². The van der Waals surface area contributed by atoms with Crippen LogP contribution in [0.2, 0.25) is 25.7 Å². The number of alkyl halides is 2. The first-order valence-corrected chi connectivity index (χ1v) is 13.9. The van der Waals surface area contributed by atoms with E-state index in [0.29, 0.717) is 6.61 Å². The molecule has 0 bridgehead atoms. The quantitative estimate of drug-likeness (QED) is 0.383. The van der Waals surface area contributed by atoms with Crippen LogP contribution in [0.1, 0.15) is 34.1 Å². The van der Waals surface area contributed by atoms with E-state index < -0.39 is 25.3 Å². The molecule has 1 unspecified atom stereocenters. The normalized spacial score (nSPS) is 21.5. The van der Waals surface area contributed by atoms with Crippen LogP contribution >= 0.6 is 0 Å². The highest BCUT2D eigenvalue weighted by molar-refractivity contribution is 6.76. The van der Waals surface area contributed by atoms with Gasteiger partial charge in [0.1, 0.15) is 12.5 Å². The molecule has 0 radical (unpaired) electrons. The molecule has 0 N–H and O–H groups in total. The number of halogens is 2. The van der Waals surface area contributed by atoms with Crippen LogP contribution < -0.4 is 4.90 Å². The average Bonchev–Trinajstić information content (AvgIpc) is 3.08. The Bertz CT molecular complexity index is 1070. The van der Waals surface area contributed by atoms with Gasteiger partial charge in [-0.25, -0.2) is 4.98 Å². The van der Waals surface area contributed by atoms with E-state index in [4.69, 9.17) is 4.74 Å². The molecule has 6 nitrogen and oxygen atoms in total. The number of nitrogens with zero attached hydrogens (tertiary/aromatic N) is 3. The molecular weight excluding hydrogens is 420 g/mol. The second kappa shape index (κ2) is 7.27. The number of fused-ring (bicyclic) bond motifs is 3. The van der Waals surface area contributed by atoms with E-state index in [1.165, 1.54) is 30.3 Å². The van der Waals surface area contributed by atoms with E-state index in [-0.39, 0.29) is 47.1 Å². The van der Waals surface area contributed by atoms with E-state index in [1.807, 2.05) is 0 Å². The molecular formula is C22H25F2N3O3Si. The van der Waals surface area contributed by atoms with Gasteiger partial charge in [-0.3, -0.25) is 19.5 Å². The van der Waals surface area contributed by atoms with Gasteiger partial charge in [0.25, 0.3) is 5.92 Å². The molecule has 2 aliphatic rings. The lowest BCUT2D eigenvalue weighted by atomic mass is 9.76. The molecule has 1 aliphatic carbocycles.